The number of imidazole rings is 1. The second-order valence-corrected chi connectivity index (χ2v) is 10.3. The van der Waals surface area contributed by atoms with Crippen molar-refractivity contribution in [3.63, 3.8) is 0 Å². The maximum absolute atomic E-state index is 14.0. The molecule has 1 aliphatic rings. The van der Waals surface area contributed by atoms with Gasteiger partial charge in [0.1, 0.15) is 18.2 Å². The molecule has 40 heavy (non-hydrogen) atoms. The van der Waals surface area contributed by atoms with Crippen LogP contribution in [0, 0.1) is 11.6 Å². The van der Waals surface area contributed by atoms with Crippen LogP contribution in [0.4, 0.5) is 22.0 Å². The maximum Gasteiger partial charge on any atom is 0.435 e. The molecular formula is C28H25ClF5N5O. The van der Waals surface area contributed by atoms with Gasteiger partial charge in [0.2, 0.25) is 5.91 Å². The van der Waals surface area contributed by atoms with Gasteiger partial charge in [-0.05, 0) is 61.9 Å². The molecule has 2 aromatic heterocycles. The number of benzene rings is 2. The molecule has 1 aliphatic carbocycles. The van der Waals surface area contributed by atoms with E-state index in [1.54, 1.807) is 42.2 Å². The largest absolute Gasteiger partial charge is 0.435 e. The molecule has 4 aromatic rings. The van der Waals surface area contributed by atoms with Crippen molar-refractivity contribution in [2.75, 3.05) is 0 Å². The molecule has 210 valence electrons. The molecule has 12 heteroatoms. The predicted molar refractivity (Wildman–Crippen MR) is 138 cm³/mol. The van der Waals surface area contributed by atoms with Crippen molar-refractivity contribution < 1.29 is 26.7 Å². The highest BCUT2D eigenvalue weighted by molar-refractivity contribution is 6.30. The van der Waals surface area contributed by atoms with E-state index in [2.05, 4.69) is 15.4 Å². The van der Waals surface area contributed by atoms with Crippen molar-refractivity contribution in [3.8, 4) is 11.3 Å². The quantitative estimate of drug-likeness (QED) is 0.266. The van der Waals surface area contributed by atoms with Crippen LogP contribution in [-0.2, 0) is 43.8 Å². The van der Waals surface area contributed by atoms with E-state index in [9.17, 15) is 26.7 Å². The minimum absolute atomic E-state index is 0.0248. The van der Waals surface area contributed by atoms with Crippen LogP contribution in [0.15, 0.2) is 48.8 Å². The van der Waals surface area contributed by atoms with Crippen LogP contribution < -0.4 is 5.32 Å². The van der Waals surface area contributed by atoms with Crippen LogP contribution in [0.1, 0.15) is 47.1 Å². The zero-order valence-corrected chi connectivity index (χ0v) is 22.2. The topological polar surface area (TPSA) is 64.7 Å². The lowest BCUT2D eigenvalue weighted by Gasteiger charge is -2.20. The Bertz CT molecular complexity index is 1520. The van der Waals surface area contributed by atoms with E-state index in [1.807, 2.05) is 0 Å². The van der Waals surface area contributed by atoms with Crippen molar-refractivity contribution in [2.45, 2.75) is 50.9 Å². The number of alkyl halides is 3. The van der Waals surface area contributed by atoms with Gasteiger partial charge in [0.05, 0.1) is 23.8 Å². The Morgan fingerprint density at radius 1 is 1.07 bits per heavy atom. The molecule has 0 radical (unpaired) electrons. The normalized spacial score (nSPS) is 14.2. The van der Waals surface area contributed by atoms with E-state index in [0.29, 0.717) is 41.4 Å². The molecule has 2 heterocycles. The molecular weight excluding hydrogens is 553 g/mol. The Morgan fingerprint density at radius 3 is 2.42 bits per heavy atom. The molecule has 2 aromatic carbocycles. The summed E-state index contributed by atoms with van der Waals surface area (Å²) in [6, 6.07) is 9.14. The van der Waals surface area contributed by atoms with Crippen molar-refractivity contribution >= 4 is 17.5 Å². The van der Waals surface area contributed by atoms with Gasteiger partial charge >= 0.3 is 6.18 Å². The number of amides is 1. The SMILES string of the molecule is Cn1cnc(C(Cc2cc(F)cc(F)c2)NC(=O)Cn2nc(C(F)(F)F)c3c2CCCC3)c1-c1ccc(Cl)cc1. The highest BCUT2D eigenvalue weighted by Gasteiger charge is 2.39. The molecule has 1 unspecified atom stereocenters. The fraction of sp³-hybridized carbons (Fsp3) is 0.321. The van der Waals surface area contributed by atoms with Crippen molar-refractivity contribution in [1.29, 1.82) is 0 Å². The van der Waals surface area contributed by atoms with Gasteiger partial charge in [0.25, 0.3) is 0 Å². The zero-order valence-electron chi connectivity index (χ0n) is 21.4. The fourth-order valence-corrected chi connectivity index (χ4v) is 5.37. The van der Waals surface area contributed by atoms with Gasteiger partial charge in [-0.1, -0.05) is 23.7 Å². The number of carbonyl (C=O) groups excluding carboxylic acids is 1. The third kappa shape index (κ3) is 5.89. The van der Waals surface area contributed by atoms with Crippen molar-refractivity contribution in [2.24, 2.45) is 7.05 Å². The van der Waals surface area contributed by atoms with E-state index in [0.717, 1.165) is 28.4 Å². The lowest BCUT2D eigenvalue weighted by atomic mass is 9.95. The van der Waals surface area contributed by atoms with Crippen LogP contribution in [0.5, 0.6) is 0 Å². The summed E-state index contributed by atoms with van der Waals surface area (Å²) < 4.78 is 71.8. The summed E-state index contributed by atoms with van der Waals surface area (Å²) >= 11 is 6.05. The van der Waals surface area contributed by atoms with Gasteiger partial charge in [0.15, 0.2) is 5.69 Å². The summed E-state index contributed by atoms with van der Waals surface area (Å²) in [7, 11) is 1.76. The first kappa shape index (κ1) is 27.8. The second-order valence-electron chi connectivity index (χ2n) is 9.83. The number of aryl methyl sites for hydroxylation is 1. The molecule has 5 rings (SSSR count). The number of rotatable bonds is 7. The van der Waals surface area contributed by atoms with E-state index in [4.69, 9.17) is 11.6 Å². The Morgan fingerprint density at radius 2 is 1.75 bits per heavy atom. The van der Waals surface area contributed by atoms with E-state index in [-0.39, 0.29) is 24.0 Å². The van der Waals surface area contributed by atoms with Crippen LogP contribution in [0.25, 0.3) is 11.3 Å². The number of nitrogens with zero attached hydrogens (tertiary/aromatic N) is 4. The van der Waals surface area contributed by atoms with Gasteiger partial charge in [0, 0.05) is 35.0 Å². The Hall–Kier alpha value is -3.73. The lowest BCUT2D eigenvalue weighted by molar-refractivity contribution is -0.142. The molecule has 0 saturated carbocycles. The fourth-order valence-electron chi connectivity index (χ4n) is 5.25. The molecule has 0 saturated heterocycles. The molecule has 1 atom stereocenters. The molecule has 0 fully saturated rings. The van der Waals surface area contributed by atoms with Gasteiger partial charge < -0.3 is 9.88 Å². The smallest absolute Gasteiger partial charge is 0.346 e. The molecule has 0 spiro atoms. The number of hydrogen-bond acceptors (Lipinski definition) is 3. The number of carbonyl (C=O) groups is 1. The van der Waals surface area contributed by atoms with Gasteiger partial charge in [-0.15, -0.1) is 0 Å². The van der Waals surface area contributed by atoms with Crippen LogP contribution in [0.3, 0.4) is 0 Å². The summed E-state index contributed by atoms with van der Waals surface area (Å²) in [5.41, 5.74) is 1.63. The molecule has 6 nitrogen and oxygen atoms in total. The summed E-state index contributed by atoms with van der Waals surface area (Å²) in [5.74, 6) is -2.16. The summed E-state index contributed by atoms with van der Waals surface area (Å²) in [6.45, 7) is -0.449. The number of fused-ring (bicyclic) bond motifs is 1. The van der Waals surface area contributed by atoms with Gasteiger partial charge in [-0.3, -0.25) is 9.48 Å². The number of hydrogen-bond donors (Lipinski definition) is 1. The number of nitrogens with one attached hydrogen (secondary N) is 1. The molecule has 1 N–H and O–H groups in total. The summed E-state index contributed by atoms with van der Waals surface area (Å²) in [4.78, 5) is 17.8. The summed E-state index contributed by atoms with van der Waals surface area (Å²) in [6.07, 6.45) is -1.16. The molecule has 0 aliphatic heterocycles. The second kappa shape index (κ2) is 11.0. The first-order valence-electron chi connectivity index (χ1n) is 12.7. The van der Waals surface area contributed by atoms with Crippen LogP contribution in [-0.4, -0.2) is 25.2 Å². The average molecular weight is 578 g/mol. The number of aromatic nitrogens is 4. The predicted octanol–water partition coefficient (Wildman–Crippen LogP) is 6.21. The van der Waals surface area contributed by atoms with E-state index in [1.165, 1.54) is 0 Å². The monoisotopic (exact) mass is 577 g/mol. The highest BCUT2D eigenvalue weighted by Crippen LogP contribution is 2.36. The first-order chi connectivity index (χ1) is 19.0. The first-order valence-corrected chi connectivity index (χ1v) is 13.0. The Labute approximate surface area is 231 Å². The number of halogens is 6. The third-order valence-corrected chi connectivity index (χ3v) is 7.18. The van der Waals surface area contributed by atoms with Crippen molar-refractivity contribution in [3.05, 3.63) is 93.7 Å². The lowest BCUT2D eigenvalue weighted by Crippen LogP contribution is -2.34. The molecule has 0 bridgehead atoms. The van der Waals surface area contributed by atoms with Crippen LogP contribution >= 0.6 is 11.6 Å². The third-order valence-electron chi connectivity index (χ3n) is 6.93. The maximum atomic E-state index is 14.0. The van der Waals surface area contributed by atoms with E-state index >= 15 is 0 Å². The minimum atomic E-state index is -4.63. The van der Waals surface area contributed by atoms with E-state index < -0.39 is 42.0 Å². The highest BCUT2D eigenvalue weighted by atomic mass is 35.5. The van der Waals surface area contributed by atoms with Gasteiger partial charge in [-0.2, -0.15) is 18.3 Å². The zero-order chi connectivity index (χ0) is 28.6. The molecule has 1 amide bonds. The standard InChI is InChI=1S/C28H25ClF5N5O/c1-38-15-35-25(26(38)17-6-8-18(29)9-7-17)22(12-16-10-19(30)13-20(31)11-16)36-24(40)14-39-23-5-3-2-4-21(23)27(37-39)28(32,33)34/h6-11,13,15,22H,2-5,12,14H2,1H3,(H,36,40). The average Bonchev–Trinajstić information content (AvgIpc) is 3.44. The van der Waals surface area contributed by atoms with Crippen LogP contribution in [0.2, 0.25) is 5.02 Å². The Balaban J connectivity index is 1.49. The minimum Gasteiger partial charge on any atom is -0.346 e. The summed E-state index contributed by atoms with van der Waals surface area (Å²) in [5, 5.41) is 7.12. The Kier molecular flexibility index (Phi) is 7.67. The van der Waals surface area contributed by atoms with Gasteiger partial charge in [-0.25, -0.2) is 13.8 Å². The van der Waals surface area contributed by atoms with Crippen molar-refractivity contribution in [1.82, 2.24) is 24.6 Å².